The van der Waals surface area contributed by atoms with Crippen molar-refractivity contribution in [2.24, 2.45) is 0 Å². The van der Waals surface area contributed by atoms with E-state index in [-0.39, 0.29) is 11.7 Å². The number of rotatable bonds is 8. The molecule has 1 N–H and O–H groups in total. The zero-order valence-corrected chi connectivity index (χ0v) is 16.5. The maximum Gasteiger partial charge on any atom is 0.230 e. The Bertz CT molecular complexity index is 743. The normalized spacial score (nSPS) is 15.8. The summed E-state index contributed by atoms with van der Waals surface area (Å²) in [5.74, 6) is -0.267. The van der Waals surface area contributed by atoms with Crippen LogP contribution in [0.5, 0.6) is 0 Å². The number of nitrogens with one attached hydrogen (secondary N) is 1. The van der Waals surface area contributed by atoms with Crippen LogP contribution in [0.4, 0.5) is 10.1 Å². The molecule has 1 aliphatic rings. The smallest absolute Gasteiger partial charge is 0.230 e. The maximum atomic E-state index is 13.3. The van der Waals surface area contributed by atoms with Crippen LogP contribution in [-0.4, -0.2) is 38.8 Å². The summed E-state index contributed by atoms with van der Waals surface area (Å²) >= 11 is 0. The van der Waals surface area contributed by atoms with Crippen LogP contribution in [0.15, 0.2) is 54.6 Å². The molecule has 1 heterocycles. The van der Waals surface area contributed by atoms with Crippen molar-refractivity contribution in [1.82, 2.24) is 5.32 Å². The highest BCUT2D eigenvalue weighted by atomic mass is 19.1. The average molecular weight is 384 g/mol. The number of halogens is 1. The van der Waals surface area contributed by atoms with Crippen molar-refractivity contribution in [1.29, 1.82) is 0 Å². The summed E-state index contributed by atoms with van der Waals surface area (Å²) in [7, 11) is 0. The summed E-state index contributed by atoms with van der Waals surface area (Å²) < 4.78 is 18.8. The number of para-hydroxylation sites is 1. The number of carbonyl (C=O) groups is 1. The highest BCUT2D eigenvalue weighted by molar-refractivity contribution is 5.88. The van der Waals surface area contributed by atoms with E-state index in [1.54, 1.807) is 12.1 Å². The van der Waals surface area contributed by atoms with Crippen LogP contribution in [0.3, 0.4) is 0 Å². The third-order valence-electron chi connectivity index (χ3n) is 5.57. The molecule has 5 heteroatoms. The minimum absolute atomic E-state index is 0.0187. The zero-order valence-electron chi connectivity index (χ0n) is 16.5. The zero-order chi connectivity index (χ0) is 19.8. The van der Waals surface area contributed by atoms with Crippen molar-refractivity contribution in [3.8, 4) is 0 Å². The molecule has 4 nitrogen and oxygen atoms in total. The Morgan fingerprint density at radius 2 is 1.79 bits per heavy atom. The van der Waals surface area contributed by atoms with Crippen LogP contribution in [0.1, 0.15) is 31.7 Å². The highest BCUT2D eigenvalue weighted by Gasteiger charge is 2.41. The summed E-state index contributed by atoms with van der Waals surface area (Å²) in [5.41, 5.74) is 1.44. The molecule has 0 atom stereocenters. The van der Waals surface area contributed by atoms with Crippen molar-refractivity contribution in [2.75, 3.05) is 37.7 Å². The first-order valence-electron chi connectivity index (χ1n) is 10.1. The third-order valence-corrected chi connectivity index (χ3v) is 5.57. The van der Waals surface area contributed by atoms with Crippen LogP contribution < -0.4 is 10.2 Å². The van der Waals surface area contributed by atoms with E-state index in [0.29, 0.717) is 32.6 Å². The molecule has 0 aliphatic carbocycles. The molecule has 2 aromatic carbocycles. The van der Waals surface area contributed by atoms with Gasteiger partial charge in [0.05, 0.1) is 5.41 Å². The fourth-order valence-corrected chi connectivity index (χ4v) is 3.89. The van der Waals surface area contributed by atoms with Gasteiger partial charge in [-0.05, 0) is 56.0 Å². The van der Waals surface area contributed by atoms with Gasteiger partial charge in [0.15, 0.2) is 0 Å². The van der Waals surface area contributed by atoms with E-state index in [0.717, 1.165) is 25.1 Å². The third kappa shape index (κ3) is 4.71. The Morgan fingerprint density at radius 1 is 1.11 bits per heavy atom. The van der Waals surface area contributed by atoms with Crippen LogP contribution in [0.2, 0.25) is 0 Å². The minimum Gasteiger partial charge on any atom is -0.381 e. The first kappa shape index (κ1) is 20.3. The molecule has 0 radical (unpaired) electrons. The number of hydrogen-bond acceptors (Lipinski definition) is 3. The van der Waals surface area contributed by atoms with Crippen molar-refractivity contribution >= 4 is 11.6 Å². The highest BCUT2D eigenvalue weighted by Crippen LogP contribution is 2.35. The lowest BCUT2D eigenvalue weighted by Crippen LogP contribution is -2.48. The SMILES string of the molecule is CCN(CCCNC(=O)C1(c2ccc(F)cc2)CCOCC1)c1ccccc1. The van der Waals surface area contributed by atoms with Crippen molar-refractivity contribution in [3.05, 3.63) is 66.0 Å². The fraction of sp³-hybridized carbons (Fsp3) is 0.435. The van der Waals surface area contributed by atoms with Gasteiger partial charge in [0.25, 0.3) is 0 Å². The maximum absolute atomic E-state index is 13.3. The van der Waals surface area contributed by atoms with E-state index in [9.17, 15) is 9.18 Å². The number of benzene rings is 2. The van der Waals surface area contributed by atoms with Crippen LogP contribution in [-0.2, 0) is 14.9 Å². The molecular weight excluding hydrogens is 355 g/mol. The second-order valence-electron chi connectivity index (χ2n) is 7.23. The average Bonchev–Trinajstić information content (AvgIpc) is 2.75. The Kier molecular flexibility index (Phi) is 7.04. The first-order chi connectivity index (χ1) is 13.7. The number of hydrogen-bond donors (Lipinski definition) is 1. The Morgan fingerprint density at radius 3 is 2.43 bits per heavy atom. The van der Waals surface area contributed by atoms with E-state index in [1.165, 1.54) is 17.8 Å². The van der Waals surface area contributed by atoms with Gasteiger partial charge in [-0.15, -0.1) is 0 Å². The van der Waals surface area contributed by atoms with Gasteiger partial charge in [-0.2, -0.15) is 0 Å². The molecule has 1 fully saturated rings. The van der Waals surface area contributed by atoms with Gasteiger partial charge in [-0.25, -0.2) is 4.39 Å². The lowest BCUT2D eigenvalue weighted by molar-refractivity contribution is -0.130. The number of amides is 1. The number of ether oxygens (including phenoxy) is 1. The number of carbonyl (C=O) groups excluding carboxylic acids is 1. The summed E-state index contributed by atoms with van der Waals surface area (Å²) in [6.45, 7) is 5.65. The lowest BCUT2D eigenvalue weighted by atomic mass is 9.73. The van der Waals surface area contributed by atoms with E-state index in [2.05, 4.69) is 29.3 Å². The van der Waals surface area contributed by atoms with E-state index in [4.69, 9.17) is 4.74 Å². The molecule has 150 valence electrons. The first-order valence-corrected chi connectivity index (χ1v) is 10.1. The monoisotopic (exact) mass is 384 g/mol. The van der Waals surface area contributed by atoms with E-state index >= 15 is 0 Å². The second kappa shape index (κ2) is 9.69. The van der Waals surface area contributed by atoms with Crippen molar-refractivity contribution < 1.29 is 13.9 Å². The molecular formula is C23H29FN2O2. The second-order valence-corrected chi connectivity index (χ2v) is 7.23. The largest absolute Gasteiger partial charge is 0.381 e. The van der Waals surface area contributed by atoms with Gasteiger partial charge >= 0.3 is 0 Å². The van der Waals surface area contributed by atoms with E-state index in [1.807, 2.05) is 18.2 Å². The molecule has 0 bridgehead atoms. The summed E-state index contributed by atoms with van der Waals surface area (Å²) in [6.07, 6.45) is 2.11. The van der Waals surface area contributed by atoms with Gasteiger partial charge in [-0.3, -0.25) is 4.79 Å². The molecule has 1 amide bonds. The molecule has 0 unspecified atom stereocenters. The molecule has 0 saturated carbocycles. The number of nitrogens with zero attached hydrogens (tertiary/aromatic N) is 1. The topological polar surface area (TPSA) is 41.6 Å². The summed E-state index contributed by atoms with van der Waals surface area (Å²) in [6, 6.07) is 16.6. The molecule has 3 rings (SSSR count). The lowest BCUT2D eigenvalue weighted by Gasteiger charge is -2.36. The fourth-order valence-electron chi connectivity index (χ4n) is 3.89. The molecule has 1 aliphatic heterocycles. The van der Waals surface area contributed by atoms with Gasteiger partial charge < -0.3 is 15.0 Å². The molecule has 2 aromatic rings. The van der Waals surface area contributed by atoms with Crippen LogP contribution in [0.25, 0.3) is 0 Å². The minimum atomic E-state index is -0.629. The van der Waals surface area contributed by atoms with Gasteiger partial charge in [0.1, 0.15) is 5.82 Å². The number of anilines is 1. The predicted octanol–water partition coefficient (Wildman–Crippen LogP) is 3.91. The molecule has 1 saturated heterocycles. The van der Waals surface area contributed by atoms with Gasteiger partial charge in [0, 0.05) is 38.5 Å². The Balaban J connectivity index is 1.59. The van der Waals surface area contributed by atoms with Gasteiger partial charge in [0.2, 0.25) is 5.91 Å². The molecule has 0 aromatic heterocycles. The van der Waals surface area contributed by atoms with Gasteiger partial charge in [-0.1, -0.05) is 30.3 Å². The Hall–Kier alpha value is -2.40. The van der Waals surface area contributed by atoms with Crippen LogP contribution in [0, 0.1) is 5.82 Å². The summed E-state index contributed by atoms with van der Waals surface area (Å²) in [4.78, 5) is 15.4. The standard InChI is InChI=1S/C23H29FN2O2/c1-2-26(21-7-4-3-5-8-21)16-6-15-25-22(27)23(13-17-28-18-14-23)19-9-11-20(24)12-10-19/h3-5,7-12H,2,6,13-18H2,1H3,(H,25,27). The predicted molar refractivity (Wildman–Crippen MR) is 110 cm³/mol. The quantitative estimate of drug-likeness (QED) is 0.702. The summed E-state index contributed by atoms with van der Waals surface area (Å²) in [5, 5.41) is 3.12. The molecule has 0 spiro atoms. The molecule has 28 heavy (non-hydrogen) atoms. The van der Waals surface area contributed by atoms with Crippen LogP contribution >= 0.6 is 0 Å². The van der Waals surface area contributed by atoms with Crippen molar-refractivity contribution in [3.63, 3.8) is 0 Å². The Labute approximate surface area is 166 Å². The van der Waals surface area contributed by atoms with E-state index < -0.39 is 5.41 Å². The van der Waals surface area contributed by atoms with Crippen molar-refractivity contribution in [2.45, 2.75) is 31.6 Å².